The Morgan fingerprint density at radius 1 is 1.06 bits per heavy atom. The van der Waals surface area contributed by atoms with Gasteiger partial charge >= 0.3 is 5.97 Å². The average Bonchev–Trinajstić information content (AvgIpc) is 2.63. The van der Waals surface area contributed by atoms with Gasteiger partial charge in [0.1, 0.15) is 6.10 Å². The first-order valence-corrected chi connectivity index (χ1v) is 7.00. The molecular weight excluding hydrogens is 214 g/mol. The maximum atomic E-state index is 12.0. The number of esters is 1. The summed E-state index contributed by atoms with van der Waals surface area (Å²) in [4.78, 5) is 12.0. The summed E-state index contributed by atoms with van der Waals surface area (Å²) >= 11 is 0. The van der Waals surface area contributed by atoms with Gasteiger partial charge in [-0.3, -0.25) is 4.79 Å². The lowest BCUT2D eigenvalue weighted by Gasteiger charge is -2.31. The van der Waals surface area contributed by atoms with Gasteiger partial charge in [0.2, 0.25) is 0 Å². The minimum absolute atomic E-state index is 0.00394. The first-order valence-electron chi connectivity index (χ1n) is 7.00. The van der Waals surface area contributed by atoms with Crippen molar-refractivity contribution in [2.45, 2.75) is 64.5 Å². The molecular formula is C14H25NO2. The summed E-state index contributed by atoms with van der Waals surface area (Å²) in [5.74, 6) is 1.44. The van der Waals surface area contributed by atoms with Crippen molar-refractivity contribution in [3.63, 3.8) is 0 Å². The van der Waals surface area contributed by atoms with Crippen molar-refractivity contribution in [2.24, 2.45) is 23.5 Å². The topological polar surface area (TPSA) is 52.3 Å². The van der Waals surface area contributed by atoms with Gasteiger partial charge in [-0.1, -0.05) is 13.8 Å². The number of hydrogen-bond donors (Lipinski definition) is 1. The molecule has 0 bridgehead atoms. The molecule has 2 N–H and O–H groups in total. The van der Waals surface area contributed by atoms with Gasteiger partial charge in [0.05, 0.1) is 5.92 Å². The SMILES string of the molecule is CC1CC(C)CC(OC(=O)C2CCC(N)C2)C1. The van der Waals surface area contributed by atoms with Crippen LogP contribution < -0.4 is 5.73 Å². The third kappa shape index (κ3) is 3.44. The Morgan fingerprint density at radius 2 is 1.71 bits per heavy atom. The molecule has 2 rings (SSSR count). The largest absolute Gasteiger partial charge is 0.462 e. The van der Waals surface area contributed by atoms with Crippen LogP contribution in [0.1, 0.15) is 52.4 Å². The van der Waals surface area contributed by atoms with Crippen molar-refractivity contribution < 1.29 is 9.53 Å². The first-order chi connectivity index (χ1) is 8.04. The minimum Gasteiger partial charge on any atom is -0.462 e. The highest BCUT2D eigenvalue weighted by atomic mass is 16.5. The molecule has 0 amide bonds. The van der Waals surface area contributed by atoms with E-state index in [1.165, 1.54) is 6.42 Å². The van der Waals surface area contributed by atoms with Crippen molar-refractivity contribution in [3.8, 4) is 0 Å². The summed E-state index contributed by atoms with van der Waals surface area (Å²) in [7, 11) is 0. The van der Waals surface area contributed by atoms with E-state index in [0.29, 0.717) is 11.8 Å². The predicted octanol–water partition coefficient (Wildman–Crippen LogP) is 2.48. The maximum absolute atomic E-state index is 12.0. The quantitative estimate of drug-likeness (QED) is 0.753. The molecule has 2 saturated carbocycles. The molecule has 0 radical (unpaired) electrons. The smallest absolute Gasteiger partial charge is 0.309 e. The molecule has 0 saturated heterocycles. The highest BCUT2D eigenvalue weighted by molar-refractivity contribution is 5.73. The Labute approximate surface area is 104 Å². The van der Waals surface area contributed by atoms with Crippen molar-refractivity contribution in [2.75, 3.05) is 0 Å². The normalized spacial score (nSPS) is 42.4. The van der Waals surface area contributed by atoms with E-state index in [-0.39, 0.29) is 24.0 Å². The second-order valence-electron chi connectivity index (χ2n) is 6.25. The molecule has 2 fully saturated rings. The highest BCUT2D eigenvalue weighted by Gasteiger charge is 2.32. The molecule has 0 aromatic heterocycles. The number of nitrogens with two attached hydrogens (primary N) is 1. The number of carbonyl (C=O) groups is 1. The van der Waals surface area contributed by atoms with Crippen LogP contribution in [-0.4, -0.2) is 18.1 Å². The summed E-state index contributed by atoms with van der Waals surface area (Å²) in [5.41, 5.74) is 5.83. The first kappa shape index (κ1) is 12.9. The number of hydrogen-bond acceptors (Lipinski definition) is 3. The van der Waals surface area contributed by atoms with E-state index >= 15 is 0 Å². The Morgan fingerprint density at radius 3 is 2.24 bits per heavy atom. The van der Waals surface area contributed by atoms with Crippen molar-refractivity contribution in [1.82, 2.24) is 0 Å². The fraction of sp³-hybridized carbons (Fsp3) is 0.929. The van der Waals surface area contributed by atoms with Crippen LogP contribution in [0.15, 0.2) is 0 Å². The Kier molecular flexibility index (Phi) is 4.08. The molecule has 3 nitrogen and oxygen atoms in total. The molecule has 4 unspecified atom stereocenters. The van der Waals surface area contributed by atoms with Crippen LogP contribution in [-0.2, 0) is 9.53 Å². The third-order valence-electron chi connectivity index (χ3n) is 4.22. The van der Waals surface area contributed by atoms with Gasteiger partial charge in [-0.2, -0.15) is 0 Å². The van der Waals surface area contributed by atoms with E-state index in [9.17, 15) is 4.79 Å². The monoisotopic (exact) mass is 239 g/mol. The lowest BCUT2D eigenvalue weighted by Crippen LogP contribution is -2.30. The molecule has 2 aliphatic rings. The number of carbonyl (C=O) groups excluding carboxylic acids is 1. The second kappa shape index (κ2) is 5.38. The van der Waals surface area contributed by atoms with Gasteiger partial charge in [0.25, 0.3) is 0 Å². The van der Waals surface area contributed by atoms with E-state index in [1.54, 1.807) is 0 Å². The van der Waals surface area contributed by atoms with E-state index in [1.807, 2.05) is 0 Å². The van der Waals surface area contributed by atoms with Crippen LogP contribution in [0.2, 0.25) is 0 Å². The van der Waals surface area contributed by atoms with Gasteiger partial charge in [-0.05, 0) is 50.4 Å². The molecule has 0 heterocycles. The van der Waals surface area contributed by atoms with Crippen LogP contribution in [0.4, 0.5) is 0 Å². The summed E-state index contributed by atoms with van der Waals surface area (Å²) in [6.45, 7) is 4.50. The molecule has 0 aromatic carbocycles. The van der Waals surface area contributed by atoms with Gasteiger partial charge in [-0.15, -0.1) is 0 Å². The Bertz CT molecular complexity index is 269. The third-order valence-corrected chi connectivity index (χ3v) is 4.22. The fourth-order valence-electron chi connectivity index (χ4n) is 3.46. The predicted molar refractivity (Wildman–Crippen MR) is 67.4 cm³/mol. The summed E-state index contributed by atoms with van der Waals surface area (Å²) < 4.78 is 5.67. The standard InChI is InChI=1S/C14H25NO2/c1-9-5-10(2)7-13(6-9)17-14(16)11-3-4-12(15)8-11/h9-13H,3-8,15H2,1-2H3. The summed E-state index contributed by atoms with van der Waals surface area (Å²) in [6, 6.07) is 0.205. The van der Waals surface area contributed by atoms with Crippen LogP contribution in [0.3, 0.4) is 0 Å². The lowest BCUT2D eigenvalue weighted by atomic mass is 9.82. The van der Waals surface area contributed by atoms with Crippen molar-refractivity contribution in [3.05, 3.63) is 0 Å². The van der Waals surface area contributed by atoms with Crippen LogP contribution >= 0.6 is 0 Å². The maximum Gasteiger partial charge on any atom is 0.309 e. The fourth-order valence-corrected chi connectivity index (χ4v) is 3.46. The summed E-state index contributed by atoms with van der Waals surface area (Å²) in [5, 5.41) is 0. The van der Waals surface area contributed by atoms with Gasteiger partial charge in [0.15, 0.2) is 0 Å². The zero-order valence-corrected chi connectivity index (χ0v) is 11.0. The molecule has 17 heavy (non-hydrogen) atoms. The van der Waals surface area contributed by atoms with Gasteiger partial charge < -0.3 is 10.5 Å². The van der Waals surface area contributed by atoms with Crippen molar-refractivity contribution in [1.29, 1.82) is 0 Å². The van der Waals surface area contributed by atoms with E-state index < -0.39 is 0 Å². The zero-order chi connectivity index (χ0) is 12.4. The molecule has 0 aromatic rings. The molecule has 2 aliphatic carbocycles. The van der Waals surface area contributed by atoms with E-state index in [0.717, 1.165) is 32.1 Å². The Balaban J connectivity index is 1.81. The highest BCUT2D eigenvalue weighted by Crippen LogP contribution is 2.32. The minimum atomic E-state index is 0.00394. The summed E-state index contributed by atoms with van der Waals surface area (Å²) in [6.07, 6.45) is 6.19. The molecule has 3 heteroatoms. The molecule has 0 aliphatic heterocycles. The number of rotatable bonds is 2. The van der Waals surface area contributed by atoms with Gasteiger partial charge in [-0.25, -0.2) is 0 Å². The molecule has 98 valence electrons. The lowest BCUT2D eigenvalue weighted by molar-refractivity contribution is -0.156. The van der Waals surface area contributed by atoms with E-state index in [4.69, 9.17) is 10.5 Å². The number of ether oxygens (including phenoxy) is 1. The average molecular weight is 239 g/mol. The second-order valence-corrected chi connectivity index (χ2v) is 6.25. The van der Waals surface area contributed by atoms with Crippen LogP contribution in [0.25, 0.3) is 0 Å². The van der Waals surface area contributed by atoms with Crippen LogP contribution in [0.5, 0.6) is 0 Å². The zero-order valence-electron chi connectivity index (χ0n) is 11.0. The van der Waals surface area contributed by atoms with Crippen molar-refractivity contribution >= 4 is 5.97 Å². The van der Waals surface area contributed by atoms with Crippen LogP contribution in [0, 0.1) is 17.8 Å². The Hall–Kier alpha value is -0.570. The van der Waals surface area contributed by atoms with E-state index in [2.05, 4.69) is 13.8 Å². The van der Waals surface area contributed by atoms with Gasteiger partial charge in [0, 0.05) is 6.04 Å². The molecule has 0 spiro atoms. The molecule has 4 atom stereocenters.